The highest BCUT2D eigenvalue weighted by atomic mass is 35.5. The van der Waals surface area contributed by atoms with Crippen molar-refractivity contribution in [1.29, 1.82) is 0 Å². The summed E-state index contributed by atoms with van der Waals surface area (Å²) in [4.78, 5) is 0. The normalized spacial score (nSPS) is 16.6. The summed E-state index contributed by atoms with van der Waals surface area (Å²) in [6.45, 7) is 5.67. The third-order valence-corrected chi connectivity index (χ3v) is 4.56. The van der Waals surface area contributed by atoms with Crippen molar-refractivity contribution < 1.29 is 9.47 Å². The second-order valence-electron chi connectivity index (χ2n) is 5.59. The van der Waals surface area contributed by atoms with E-state index in [1.54, 1.807) is 0 Å². The Morgan fingerprint density at radius 3 is 2.43 bits per heavy atom. The van der Waals surface area contributed by atoms with Crippen LogP contribution in [0, 0.1) is 5.92 Å². The zero-order chi connectivity index (χ0) is 15.2. The van der Waals surface area contributed by atoms with Crippen LogP contribution in [0.2, 0.25) is 5.02 Å². The lowest BCUT2D eigenvalue weighted by Crippen LogP contribution is -2.26. The molecule has 1 aromatic carbocycles. The molecule has 2 unspecified atom stereocenters. The second kappa shape index (κ2) is 7.90. The minimum absolute atomic E-state index is 0.255. The van der Waals surface area contributed by atoms with Gasteiger partial charge in [0.05, 0.1) is 0 Å². The van der Waals surface area contributed by atoms with Gasteiger partial charge in [0.2, 0.25) is 0 Å². The molecule has 1 heterocycles. The molecule has 1 aliphatic rings. The molecule has 0 aliphatic carbocycles. The van der Waals surface area contributed by atoms with Crippen molar-refractivity contribution in [2.24, 2.45) is 5.92 Å². The van der Waals surface area contributed by atoms with E-state index in [0.717, 1.165) is 28.5 Å². The molecule has 1 aliphatic heterocycles. The third-order valence-electron chi connectivity index (χ3n) is 4.23. The smallest absolute Gasteiger partial charge is 0.162 e. The molecule has 118 valence electrons. The number of rotatable bonds is 7. The van der Waals surface area contributed by atoms with Crippen molar-refractivity contribution >= 4 is 11.6 Å². The van der Waals surface area contributed by atoms with Crippen molar-refractivity contribution in [2.75, 3.05) is 20.3 Å². The standard InChI is InChI=1S/C17H26ClNO2/c1-4-6-7-12(5-2)17(19-3)13-10-15-16(11-14(13)18)21-9-8-20-15/h10-12,17,19H,4-9H2,1-3H3. The molecule has 0 saturated carbocycles. The first-order chi connectivity index (χ1) is 10.2. The summed E-state index contributed by atoms with van der Waals surface area (Å²) in [5.74, 6) is 2.15. The molecule has 4 heteroatoms. The van der Waals surface area contributed by atoms with Gasteiger partial charge in [-0.25, -0.2) is 0 Å². The van der Waals surface area contributed by atoms with Crippen LogP contribution >= 0.6 is 11.6 Å². The van der Waals surface area contributed by atoms with Crippen molar-refractivity contribution in [3.8, 4) is 11.5 Å². The number of halogens is 1. The highest BCUT2D eigenvalue weighted by Crippen LogP contribution is 2.40. The number of hydrogen-bond donors (Lipinski definition) is 1. The lowest BCUT2D eigenvalue weighted by Gasteiger charge is -2.29. The summed E-state index contributed by atoms with van der Waals surface area (Å²) in [5, 5.41) is 4.20. The van der Waals surface area contributed by atoms with Gasteiger partial charge in [0.15, 0.2) is 11.5 Å². The van der Waals surface area contributed by atoms with Crippen LogP contribution in [0.25, 0.3) is 0 Å². The Morgan fingerprint density at radius 1 is 1.19 bits per heavy atom. The fourth-order valence-corrected chi connectivity index (χ4v) is 3.31. The fraction of sp³-hybridized carbons (Fsp3) is 0.647. The number of nitrogens with one attached hydrogen (secondary N) is 1. The van der Waals surface area contributed by atoms with E-state index in [4.69, 9.17) is 21.1 Å². The molecule has 0 saturated heterocycles. The lowest BCUT2D eigenvalue weighted by atomic mass is 9.86. The van der Waals surface area contributed by atoms with Gasteiger partial charge < -0.3 is 14.8 Å². The maximum atomic E-state index is 6.49. The van der Waals surface area contributed by atoms with E-state index in [2.05, 4.69) is 19.2 Å². The van der Waals surface area contributed by atoms with Crippen LogP contribution in [0.3, 0.4) is 0 Å². The monoisotopic (exact) mass is 311 g/mol. The topological polar surface area (TPSA) is 30.5 Å². The van der Waals surface area contributed by atoms with Crippen LogP contribution in [0.5, 0.6) is 11.5 Å². The Balaban J connectivity index is 2.28. The predicted octanol–water partition coefficient (Wildman–Crippen LogP) is 4.59. The van der Waals surface area contributed by atoms with Gasteiger partial charge in [-0.15, -0.1) is 0 Å². The quantitative estimate of drug-likeness (QED) is 0.799. The molecule has 1 N–H and O–H groups in total. The summed E-state index contributed by atoms with van der Waals surface area (Å²) in [7, 11) is 2.01. The minimum atomic E-state index is 0.255. The highest BCUT2D eigenvalue weighted by molar-refractivity contribution is 6.31. The van der Waals surface area contributed by atoms with E-state index in [0.29, 0.717) is 19.1 Å². The van der Waals surface area contributed by atoms with E-state index >= 15 is 0 Å². The summed E-state index contributed by atoms with van der Waals surface area (Å²) in [5.41, 5.74) is 1.12. The Morgan fingerprint density at radius 2 is 1.86 bits per heavy atom. The number of hydrogen-bond acceptors (Lipinski definition) is 3. The summed E-state index contributed by atoms with van der Waals surface area (Å²) in [6.07, 6.45) is 4.82. The number of ether oxygens (including phenoxy) is 2. The number of fused-ring (bicyclic) bond motifs is 1. The third kappa shape index (κ3) is 3.83. The van der Waals surface area contributed by atoms with Crippen LogP contribution in [0.4, 0.5) is 0 Å². The molecule has 0 aromatic heterocycles. The Labute approximate surface area is 133 Å². The Kier molecular flexibility index (Phi) is 6.19. The number of benzene rings is 1. The van der Waals surface area contributed by atoms with Crippen molar-refractivity contribution in [3.05, 3.63) is 22.7 Å². The van der Waals surface area contributed by atoms with Gasteiger partial charge in [0, 0.05) is 17.1 Å². The Bertz CT molecular complexity index is 464. The van der Waals surface area contributed by atoms with Gasteiger partial charge in [-0.1, -0.05) is 44.7 Å². The molecule has 0 fully saturated rings. The van der Waals surface area contributed by atoms with Gasteiger partial charge >= 0.3 is 0 Å². The minimum Gasteiger partial charge on any atom is -0.486 e. The van der Waals surface area contributed by atoms with Crippen LogP contribution in [-0.4, -0.2) is 20.3 Å². The van der Waals surface area contributed by atoms with Crippen molar-refractivity contribution in [2.45, 2.75) is 45.6 Å². The molecular weight excluding hydrogens is 286 g/mol. The molecule has 2 atom stereocenters. The molecule has 21 heavy (non-hydrogen) atoms. The van der Waals surface area contributed by atoms with Crippen LogP contribution < -0.4 is 14.8 Å². The molecular formula is C17H26ClNO2. The summed E-state index contributed by atoms with van der Waals surface area (Å²) in [6, 6.07) is 4.19. The average molecular weight is 312 g/mol. The molecule has 1 aromatic rings. The van der Waals surface area contributed by atoms with E-state index < -0.39 is 0 Å². The van der Waals surface area contributed by atoms with Gasteiger partial charge in [-0.3, -0.25) is 0 Å². The molecule has 0 radical (unpaired) electrons. The zero-order valence-electron chi connectivity index (χ0n) is 13.2. The van der Waals surface area contributed by atoms with Crippen LogP contribution in [0.15, 0.2) is 12.1 Å². The maximum absolute atomic E-state index is 6.49. The summed E-state index contributed by atoms with van der Waals surface area (Å²) >= 11 is 6.49. The lowest BCUT2D eigenvalue weighted by molar-refractivity contribution is 0.171. The van der Waals surface area contributed by atoms with E-state index in [-0.39, 0.29) is 6.04 Å². The molecule has 0 bridgehead atoms. The van der Waals surface area contributed by atoms with Crippen LogP contribution in [0.1, 0.15) is 51.1 Å². The molecule has 2 rings (SSSR count). The molecule has 0 spiro atoms. The largest absolute Gasteiger partial charge is 0.486 e. The van der Waals surface area contributed by atoms with Gasteiger partial charge in [-0.05, 0) is 31.0 Å². The van der Waals surface area contributed by atoms with Gasteiger partial charge in [-0.2, -0.15) is 0 Å². The zero-order valence-corrected chi connectivity index (χ0v) is 14.0. The van der Waals surface area contributed by atoms with Crippen molar-refractivity contribution in [1.82, 2.24) is 5.32 Å². The van der Waals surface area contributed by atoms with E-state index in [1.807, 2.05) is 19.2 Å². The first-order valence-corrected chi connectivity index (χ1v) is 8.35. The average Bonchev–Trinajstić information content (AvgIpc) is 2.51. The SMILES string of the molecule is CCCCC(CC)C(NC)c1cc2c(cc1Cl)OCCO2. The second-order valence-corrected chi connectivity index (χ2v) is 6.00. The molecule has 3 nitrogen and oxygen atoms in total. The number of unbranched alkanes of at least 4 members (excludes halogenated alkanes) is 1. The maximum Gasteiger partial charge on any atom is 0.162 e. The fourth-order valence-electron chi connectivity index (χ4n) is 3.04. The first-order valence-electron chi connectivity index (χ1n) is 7.97. The highest BCUT2D eigenvalue weighted by Gasteiger charge is 2.25. The predicted molar refractivity (Wildman–Crippen MR) is 87.5 cm³/mol. The first kappa shape index (κ1) is 16.4. The van der Waals surface area contributed by atoms with Crippen molar-refractivity contribution in [3.63, 3.8) is 0 Å². The van der Waals surface area contributed by atoms with Gasteiger partial charge in [0.25, 0.3) is 0 Å². The van der Waals surface area contributed by atoms with E-state index in [9.17, 15) is 0 Å². The Hall–Kier alpha value is -0.930. The molecule has 0 amide bonds. The van der Waals surface area contributed by atoms with Crippen LogP contribution in [-0.2, 0) is 0 Å². The summed E-state index contributed by atoms with van der Waals surface area (Å²) < 4.78 is 11.3. The van der Waals surface area contributed by atoms with Gasteiger partial charge in [0.1, 0.15) is 13.2 Å². The van der Waals surface area contributed by atoms with E-state index in [1.165, 1.54) is 19.3 Å².